The summed E-state index contributed by atoms with van der Waals surface area (Å²) in [5, 5.41) is 0. The molecule has 0 radical (unpaired) electrons. The minimum atomic E-state index is -0.627. The second-order valence-electron chi connectivity index (χ2n) is 5.10. The molecular formula is C16H11BrO2. The Morgan fingerprint density at radius 2 is 1.84 bits per heavy atom. The molecule has 1 spiro atoms. The Morgan fingerprint density at radius 3 is 2.58 bits per heavy atom. The van der Waals surface area contributed by atoms with Gasteiger partial charge in [0.15, 0.2) is 11.4 Å². The van der Waals surface area contributed by atoms with Crippen LogP contribution >= 0.6 is 15.9 Å². The molecule has 4 rings (SSSR count). The first-order chi connectivity index (χ1) is 9.21. The average molecular weight is 315 g/mol. The molecule has 2 nitrogen and oxygen atoms in total. The number of ether oxygens (including phenoxy) is 1. The van der Waals surface area contributed by atoms with Gasteiger partial charge in [-0.25, -0.2) is 0 Å². The third-order valence-electron chi connectivity index (χ3n) is 3.97. The second-order valence-corrected chi connectivity index (χ2v) is 6.02. The Hall–Kier alpha value is -1.45. The van der Waals surface area contributed by atoms with Crippen LogP contribution in [0.2, 0.25) is 0 Å². The fourth-order valence-electron chi connectivity index (χ4n) is 2.95. The second kappa shape index (κ2) is 3.78. The first-order valence-corrected chi connectivity index (χ1v) is 7.06. The maximum absolute atomic E-state index is 12.5. The van der Waals surface area contributed by atoms with Crippen molar-refractivity contribution in [3.05, 3.63) is 69.7 Å². The lowest BCUT2D eigenvalue weighted by Crippen LogP contribution is -2.20. The van der Waals surface area contributed by atoms with Gasteiger partial charge in [0.05, 0.1) is 0 Å². The van der Waals surface area contributed by atoms with Crippen LogP contribution in [0, 0.1) is 0 Å². The molecule has 0 aromatic heterocycles. The van der Waals surface area contributed by atoms with Gasteiger partial charge in [0, 0.05) is 16.5 Å². The molecular weight excluding hydrogens is 304 g/mol. The molecule has 0 saturated carbocycles. The summed E-state index contributed by atoms with van der Waals surface area (Å²) in [7, 11) is 0. The van der Waals surface area contributed by atoms with Gasteiger partial charge in [-0.05, 0) is 23.3 Å². The van der Waals surface area contributed by atoms with Crippen LogP contribution in [0.5, 0.6) is 0 Å². The molecule has 0 amide bonds. The quantitative estimate of drug-likeness (QED) is 0.751. The highest BCUT2D eigenvalue weighted by molar-refractivity contribution is 9.10. The molecule has 0 N–H and O–H groups in total. The molecule has 1 aliphatic heterocycles. The van der Waals surface area contributed by atoms with E-state index in [4.69, 9.17) is 4.74 Å². The molecule has 2 aromatic rings. The topological polar surface area (TPSA) is 29.6 Å². The highest BCUT2D eigenvalue weighted by Crippen LogP contribution is 2.56. The number of rotatable bonds is 1. The van der Waals surface area contributed by atoms with Crippen molar-refractivity contribution >= 4 is 21.7 Å². The third-order valence-corrected chi connectivity index (χ3v) is 4.50. The van der Waals surface area contributed by atoms with Crippen LogP contribution in [0.1, 0.15) is 27.6 Å². The Labute approximate surface area is 119 Å². The van der Waals surface area contributed by atoms with Crippen molar-refractivity contribution in [3.63, 3.8) is 0 Å². The number of hydrogen-bond acceptors (Lipinski definition) is 2. The lowest BCUT2D eigenvalue weighted by Gasteiger charge is -2.01. The maximum Gasteiger partial charge on any atom is 0.198 e. The number of halogens is 1. The van der Waals surface area contributed by atoms with Gasteiger partial charge in [-0.3, -0.25) is 4.79 Å². The Balaban J connectivity index is 1.70. The monoisotopic (exact) mass is 314 g/mol. The lowest BCUT2D eigenvalue weighted by atomic mass is 9.96. The number of benzene rings is 2. The molecule has 3 heteroatoms. The fraction of sp³-hybridized carbons (Fsp3) is 0.188. The van der Waals surface area contributed by atoms with Crippen molar-refractivity contribution < 1.29 is 9.53 Å². The summed E-state index contributed by atoms with van der Waals surface area (Å²) < 4.78 is 6.86. The minimum Gasteiger partial charge on any atom is -0.352 e. The predicted molar refractivity (Wildman–Crippen MR) is 75.2 cm³/mol. The number of fused-ring (bicyclic) bond motifs is 1. The van der Waals surface area contributed by atoms with Gasteiger partial charge in [-0.1, -0.05) is 52.3 Å². The fourth-order valence-corrected chi connectivity index (χ4v) is 3.21. The lowest BCUT2D eigenvalue weighted by molar-refractivity contribution is 0.0894. The number of hydrogen-bond donors (Lipinski definition) is 0. The summed E-state index contributed by atoms with van der Waals surface area (Å²) >= 11 is 3.42. The Kier molecular flexibility index (Phi) is 2.26. The van der Waals surface area contributed by atoms with Gasteiger partial charge in [0.1, 0.15) is 6.10 Å². The van der Waals surface area contributed by atoms with Crippen molar-refractivity contribution in [2.45, 2.75) is 18.1 Å². The van der Waals surface area contributed by atoms with Crippen LogP contribution in [-0.4, -0.2) is 11.4 Å². The van der Waals surface area contributed by atoms with Crippen LogP contribution < -0.4 is 0 Å². The van der Waals surface area contributed by atoms with Gasteiger partial charge in [-0.15, -0.1) is 0 Å². The molecule has 2 unspecified atom stereocenters. The first kappa shape index (κ1) is 11.4. The van der Waals surface area contributed by atoms with Crippen molar-refractivity contribution in [2.75, 3.05) is 0 Å². The van der Waals surface area contributed by atoms with Crippen molar-refractivity contribution in [3.8, 4) is 0 Å². The van der Waals surface area contributed by atoms with Crippen LogP contribution in [0.4, 0.5) is 0 Å². The van der Waals surface area contributed by atoms with Gasteiger partial charge in [-0.2, -0.15) is 0 Å². The summed E-state index contributed by atoms with van der Waals surface area (Å²) in [6.07, 6.45) is 0.600. The molecule has 1 aliphatic carbocycles. The average Bonchev–Trinajstić information content (AvgIpc) is 3.07. The van der Waals surface area contributed by atoms with E-state index in [-0.39, 0.29) is 11.9 Å². The van der Waals surface area contributed by atoms with E-state index >= 15 is 0 Å². The highest BCUT2D eigenvalue weighted by Gasteiger charge is 2.65. The van der Waals surface area contributed by atoms with Gasteiger partial charge in [0.2, 0.25) is 0 Å². The smallest absolute Gasteiger partial charge is 0.198 e. The summed E-state index contributed by atoms with van der Waals surface area (Å²) in [5.74, 6) is 0.135. The van der Waals surface area contributed by atoms with Crippen LogP contribution in [-0.2, 0) is 11.2 Å². The standard InChI is InChI=1S/C16H11BrO2/c17-12-7-5-10(6-8-12)15-16(19-15)9-11-3-1-2-4-13(11)14(16)18/h1-8,15H,9H2. The molecule has 1 heterocycles. The molecule has 1 fully saturated rings. The number of carbonyl (C=O) groups excluding carboxylic acids is 1. The van der Waals surface area contributed by atoms with Crippen LogP contribution in [0.15, 0.2) is 53.0 Å². The zero-order valence-corrected chi connectivity index (χ0v) is 11.7. The molecule has 94 valence electrons. The van der Waals surface area contributed by atoms with Crippen LogP contribution in [0.3, 0.4) is 0 Å². The normalized spacial score (nSPS) is 27.6. The Morgan fingerprint density at radius 1 is 1.11 bits per heavy atom. The minimum absolute atomic E-state index is 0.0968. The summed E-state index contributed by atoms with van der Waals surface area (Å²) in [6, 6.07) is 15.8. The van der Waals surface area contributed by atoms with Gasteiger partial charge in [0.25, 0.3) is 0 Å². The molecule has 0 bridgehead atoms. The zero-order chi connectivity index (χ0) is 13.0. The van der Waals surface area contributed by atoms with E-state index < -0.39 is 5.60 Å². The van der Waals surface area contributed by atoms with E-state index in [1.54, 1.807) is 0 Å². The molecule has 1 saturated heterocycles. The number of Topliss-reactive ketones (excluding diaryl/α,β-unsaturated/α-hetero) is 1. The van der Waals surface area contributed by atoms with Crippen LogP contribution in [0.25, 0.3) is 0 Å². The van der Waals surface area contributed by atoms with Crippen molar-refractivity contribution in [1.29, 1.82) is 0 Å². The van der Waals surface area contributed by atoms with E-state index in [0.717, 1.165) is 21.2 Å². The van der Waals surface area contributed by atoms with E-state index in [1.165, 1.54) is 0 Å². The largest absolute Gasteiger partial charge is 0.352 e. The Bertz CT molecular complexity index is 677. The van der Waals surface area contributed by atoms with E-state index in [1.807, 2.05) is 48.5 Å². The predicted octanol–water partition coefficient (Wildman–Crippen LogP) is 3.70. The van der Waals surface area contributed by atoms with E-state index in [0.29, 0.717) is 6.42 Å². The summed E-state index contributed by atoms with van der Waals surface area (Å²) in [4.78, 5) is 12.5. The number of ketones is 1. The molecule has 19 heavy (non-hydrogen) atoms. The van der Waals surface area contributed by atoms with E-state index in [9.17, 15) is 4.79 Å². The third kappa shape index (κ3) is 1.55. The number of carbonyl (C=O) groups is 1. The highest BCUT2D eigenvalue weighted by atomic mass is 79.9. The van der Waals surface area contributed by atoms with E-state index in [2.05, 4.69) is 15.9 Å². The first-order valence-electron chi connectivity index (χ1n) is 6.27. The number of epoxide rings is 1. The van der Waals surface area contributed by atoms with Gasteiger partial charge >= 0.3 is 0 Å². The maximum atomic E-state index is 12.5. The molecule has 2 atom stereocenters. The molecule has 2 aliphatic rings. The zero-order valence-electron chi connectivity index (χ0n) is 10.1. The van der Waals surface area contributed by atoms with Gasteiger partial charge < -0.3 is 4.74 Å². The summed E-state index contributed by atoms with van der Waals surface area (Å²) in [5.41, 5.74) is 2.37. The van der Waals surface area contributed by atoms with Crippen molar-refractivity contribution in [2.24, 2.45) is 0 Å². The molecule has 2 aromatic carbocycles. The SMILES string of the molecule is O=C1c2ccccc2CC12OC2c1ccc(Br)cc1. The summed E-state index contributed by atoms with van der Waals surface area (Å²) in [6.45, 7) is 0. The van der Waals surface area contributed by atoms with Crippen molar-refractivity contribution in [1.82, 2.24) is 0 Å².